The van der Waals surface area contributed by atoms with Gasteiger partial charge in [0, 0.05) is 17.3 Å². The van der Waals surface area contributed by atoms with Crippen LogP contribution in [0.4, 0.5) is 5.69 Å². The first-order chi connectivity index (χ1) is 16.5. The summed E-state index contributed by atoms with van der Waals surface area (Å²) in [6, 6.07) is 25.4. The topological polar surface area (TPSA) is 79.0 Å². The van der Waals surface area contributed by atoms with Crippen LogP contribution >= 0.6 is 23.4 Å². The van der Waals surface area contributed by atoms with Crippen LogP contribution in [-0.2, 0) is 4.79 Å². The zero-order valence-electron chi connectivity index (χ0n) is 18.4. The number of amides is 1. The molecule has 0 bridgehead atoms. The number of carbonyl (C=O) groups excluding carboxylic acids is 1. The van der Waals surface area contributed by atoms with Gasteiger partial charge in [0.2, 0.25) is 5.91 Å². The Kier molecular flexibility index (Phi) is 7.31. The molecule has 4 rings (SSSR count). The van der Waals surface area contributed by atoms with E-state index >= 15 is 0 Å². The molecule has 1 amide bonds. The highest BCUT2D eigenvalue weighted by Gasteiger charge is 2.25. The molecule has 0 saturated carbocycles. The number of hydrogen-bond donors (Lipinski definition) is 0. The fourth-order valence-electron chi connectivity index (χ4n) is 3.57. The Balaban J connectivity index is 1.75. The van der Waals surface area contributed by atoms with Crippen LogP contribution in [0.15, 0.2) is 88.8 Å². The molecule has 0 radical (unpaired) electrons. The summed E-state index contributed by atoms with van der Waals surface area (Å²) in [4.78, 5) is 33.2. The average molecular weight is 489 g/mol. The molecule has 170 valence electrons. The Morgan fingerprint density at radius 3 is 2.47 bits per heavy atom. The van der Waals surface area contributed by atoms with Crippen LogP contribution in [0.5, 0.6) is 0 Å². The Labute approximate surface area is 206 Å². The van der Waals surface area contributed by atoms with Crippen molar-refractivity contribution in [2.24, 2.45) is 0 Å². The number of thioether (sulfide) groups is 1. The van der Waals surface area contributed by atoms with Crippen molar-refractivity contribution in [3.05, 3.63) is 94.2 Å². The van der Waals surface area contributed by atoms with Gasteiger partial charge in [-0.15, -0.1) is 0 Å². The van der Waals surface area contributed by atoms with Crippen LogP contribution in [0.3, 0.4) is 0 Å². The molecule has 0 aliphatic heterocycles. The summed E-state index contributed by atoms with van der Waals surface area (Å²) in [5.41, 5.74) is 1.67. The Morgan fingerprint density at radius 2 is 1.76 bits per heavy atom. The molecule has 34 heavy (non-hydrogen) atoms. The van der Waals surface area contributed by atoms with E-state index in [2.05, 4.69) is 6.07 Å². The van der Waals surface area contributed by atoms with E-state index in [1.807, 2.05) is 36.4 Å². The smallest absolute Gasteiger partial charge is 0.266 e. The van der Waals surface area contributed by atoms with Crippen molar-refractivity contribution in [1.29, 1.82) is 5.26 Å². The molecule has 6 nitrogen and oxygen atoms in total. The van der Waals surface area contributed by atoms with Gasteiger partial charge in [-0.25, -0.2) is 4.98 Å². The van der Waals surface area contributed by atoms with Gasteiger partial charge in [-0.05, 0) is 55.5 Å². The molecule has 0 aliphatic carbocycles. The van der Waals surface area contributed by atoms with Crippen molar-refractivity contribution in [2.45, 2.75) is 23.8 Å². The first kappa shape index (κ1) is 23.6. The van der Waals surface area contributed by atoms with Gasteiger partial charge in [0.15, 0.2) is 5.16 Å². The normalized spacial score (nSPS) is 11.7. The van der Waals surface area contributed by atoms with E-state index in [0.29, 0.717) is 26.8 Å². The molecule has 1 heterocycles. The van der Waals surface area contributed by atoms with Gasteiger partial charge in [0.1, 0.15) is 0 Å². The number of nitriles is 1. The van der Waals surface area contributed by atoms with Crippen LogP contribution in [0.1, 0.15) is 13.3 Å². The molecule has 0 spiro atoms. The molecule has 1 atom stereocenters. The quantitative estimate of drug-likeness (QED) is 0.255. The minimum atomic E-state index is -0.564. The maximum Gasteiger partial charge on any atom is 0.266 e. The van der Waals surface area contributed by atoms with E-state index < -0.39 is 5.25 Å². The number of hydrogen-bond acceptors (Lipinski definition) is 5. The first-order valence-corrected chi connectivity index (χ1v) is 11.9. The summed E-state index contributed by atoms with van der Waals surface area (Å²) in [5.74, 6) is -0.170. The summed E-state index contributed by atoms with van der Waals surface area (Å²) < 4.78 is 1.51. The summed E-state index contributed by atoms with van der Waals surface area (Å²) in [6.07, 6.45) is 0.210. The van der Waals surface area contributed by atoms with Gasteiger partial charge in [0.25, 0.3) is 5.56 Å². The van der Waals surface area contributed by atoms with Gasteiger partial charge >= 0.3 is 0 Å². The van der Waals surface area contributed by atoms with Gasteiger partial charge in [0.05, 0.1) is 34.3 Å². The highest BCUT2D eigenvalue weighted by atomic mass is 35.5. The summed E-state index contributed by atoms with van der Waals surface area (Å²) in [7, 11) is 0. The molecule has 0 fully saturated rings. The third-order valence-electron chi connectivity index (χ3n) is 5.24. The van der Waals surface area contributed by atoms with E-state index in [0.717, 1.165) is 5.69 Å². The van der Waals surface area contributed by atoms with Gasteiger partial charge in [-0.2, -0.15) is 5.26 Å². The lowest BCUT2D eigenvalue weighted by Crippen LogP contribution is -2.37. The second-order valence-electron chi connectivity index (χ2n) is 7.52. The van der Waals surface area contributed by atoms with E-state index in [9.17, 15) is 9.59 Å². The van der Waals surface area contributed by atoms with Gasteiger partial charge in [-0.3, -0.25) is 14.2 Å². The van der Waals surface area contributed by atoms with Crippen molar-refractivity contribution in [3.8, 4) is 11.8 Å². The van der Waals surface area contributed by atoms with Crippen molar-refractivity contribution in [3.63, 3.8) is 0 Å². The molecule has 0 saturated heterocycles. The van der Waals surface area contributed by atoms with Crippen molar-refractivity contribution >= 4 is 45.9 Å². The number of anilines is 1. The number of benzene rings is 3. The van der Waals surface area contributed by atoms with E-state index in [-0.39, 0.29) is 24.4 Å². The van der Waals surface area contributed by atoms with E-state index in [4.69, 9.17) is 21.8 Å². The van der Waals surface area contributed by atoms with Gasteiger partial charge < -0.3 is 4.90 Å². The Morgan fingerprint density at radius 1 is 1.09 bits per heavy atom. The second-order valence-corrected chi connectivity index (χ2v) is 9.27. The number of para-hydroxylation sites is 2. The van der Waals surface area contributed by atoms with Crippen LogP contribution in [-0.4, -0.2) is 27.3 Å². The minimum Gasteiger partial charge on any atom is -0.310 e. The average Bonchev–Trinajstić information content (AvgIpc) is 2.86. The van der Waals surface area contributed by atoms with E-state index in [1.54, 1.807) is 54.3 Å². The lowest BCUT2D eigenvalue weighted by atomic mass is 10.2. The third-order valence-corrected chi connectivity index (χ3v) is 6.53. The SMILES string of the molecule is CC(Sc1nc2ccccc2c(=O)n1-c1ccc(Cl)cc1)C(=O)N(CCC#N)c1ccccc1. The van der Waals surface area contributed by atoms with Crippen molar-refractivity contribution in [1.82, 2.24) is 9.55 Å². The lowest BCUT2D eigenvalue weighted by molar-refractivity contribution is -0.117. The maximum absolute atomic E-state index is 13.5. The third kappa shape index (κ3) is 4.98. The number of aromatic nitrogens is 2. The summed E-state index contributed by atoms with van der Waals surface area (Å²) in [5, 5.41) is 9.96. The molecule has 8 heteroatoms. The molecule has 3 aromatic carbocycles. The van der Waals surface area contributed by atoms with E-state index in [1.165, 1.54) is 16.3 Å². The predicted molar refractivity (Wildman–Crippen MR) is 137 cm³/mol. The summed E-state index contributed by atoms with van der Waals surface area (Å²) >= 11 is 7.26. The maximum atomic E-state index is 13.5. The minimum absolute atomic E-state index is 0.170. The first-order valence-electron chi connectivity index (χ1n) is 10.7. The number of nitrogens with zero attached hydrogens (tertiary/aromatic N) is 4. The highest BCUT2D eigenvalue weighted by molar-refractivity contribution is 8.00. The Bertz CT molecular complexity index is 1420. The van der Waals surface area contributed by atoms with Crippen LogP contribution in [0.25, 0.3) is 16.6 Å². The number of rotatable bonds is 7. The molecule has 0 N–H and O–H groups in total. The number of fused-ring (bicyclic) bond motifs is 1. The lowest BCUT2D eigenvalue weighted by Gasteiger charge is -2.25. The summed E-state index contributed by atoms with van der Waals surface area (Å²) in [6.45, 7) is 2.06. The van der Waals surface area contributed by atoms with Crippen LogP contribution in [0.2, 0.25) is 5.02 Å². The number of halogens is 1. The molecular weight excluding hydrogens is 468 g/mol. The molecular formula is C26H21ClN4O2S. The van der Waals surface area contributed by atoms with Crippen molar-refractivity contribution in [2.75, 3.05) is 11.4 Å². The largest absolute Gasteiger partial charge is 0.310 e. The molecule has 4 aromatic rings. The zero-order chi connectivity index (χ0) is 24.1. The zero-order valence-corrected chi connectivity index (χ0v) is 20.0. The van der Waals surface area contributed by atoms with Crippen LogP contribution in [0, 0.1) is 11.3 Å². The fraction of sp³-hybridized carbons (Fsp3) is 0.154. The van der Waals surface area contributed by atoms with Crippen LogP contribution < -0.4 is 10.5 Å². The fourth-order valence-corrected chi connectivity index (χ4v) is 4.69. The molecule has 1 aromatic heterocycles. The Hall–Kier alpha value is -3.60. The standard InChI is InChI=1S/C26H21ClN4O2S/c1-18(24(32)30(17-7-16-28)20-8-3-2-4-9-20)34-26-29-23-11-6-5-10-22(23)25(33)31(26)21-14-12-19(27)13-15-21/h2-6,8-15,18H,7,17H2,1H3. The number of carbonyl (C=O) groups is 1. The van der Waals surface area contributed by atoms with Crippen molar-refractivity contribution < 1.29 is 4.79 Å². The molecule has 0 aliphatic rings. The second kappa shape index (κ2) is 10.6. The van der Waals surface area contributed by atoms with Gasteiger partial charge in [-0.1, -0.05) is 53.7 Å². The molecule has 1 unspecified atom stereocenters. The monoisotopic (exact) mass is 488 g/mol. The predicted octanol–water partition coefficient (Wildman–Crippen LogP) is 5.47. The highest BCUT2D eigenvalue weighted by Crippen LogP contribution is 2.28.